The van der Waals surface area contributed by atoms with Crippen LogP contribution >= 0.6 is 0 Å². The summed E-state index contributed by atoms with van der Waals surface area (Å²) >= 11 is 0. The molecular formula is C23H22N4O2. The molecule has 3 aromatic rings. The number of carbonyl (C=O) groups is 1. The number of nitrogens with one attached hydrogen (secondary N) is 1. The summed E-state index contributed by atoms with van der Waals surface area (Å²) in [6.07, 6.45) is -0.729. The zero-order chi connectivity index (χ0) is 20.0. The van der Waals surface area contributed by atoms with Gasteiger partial charge in [0.25, 0.3) is 5.91 Å². The number of benzene rings is 2. The summed E-state index contributed by atoms with van der Waals surface area (Å²) in [6, 6.07) is 20.3. The zero-order valence-electron chi connectivity index (χ0n) is 16.4. The maximum absolute atomic E-state index is 13.2. The lowest BCUT2D eigenvalue weighted by atomic mass is 9.69. The molecule has 0 bridgehead atoms. The van der Waals surface area contributed by atoms with Crippen molar-refractivity contribution in [2.24, 2.45) is 0 Å². The molecule has 0 spiro atoms. The molecule has 1 fully saturated rings. The Labute approximate surface area is 169 Å². The molecule has 1 N–H and O–H groups in total. The normalized spacial score (nSPS) is 22.6. The van der Waals surface area contributed by atoms with Crippen LogP contribution in [-0.4, -0.2) is 40.0 Å². The lowest BCUT2D eigenvalue weighted by Gasteiger charge is -2.56. The van der Waals surface area contributed by atoms with Gasteiger partial charge in [-0.2, -0.15) is 0 Å². The molecule has 146 valence electrons. The number of ether oxygens (including phenoxy) is 1. The molecule has 1 saturated heterocycles. The Morgan fingerprint density at radius 2 is 1.72 bits per heavy atom. The van der Waals surface area contributed by atoms with E-state index in [0.717, 1.165) is 28.2 Å². The lowest BCUT2D eigenvalue weighted by molar-refractivity contribution is -0.176. The van der Waals surface area contributed by atoms with Gasteiger partial charge in [-0.3, -0.25) is 4.79 Å². The van der Waals surface area contributed by atoms with Gasteiger partial charge in [-0.05, 0) is 31.5 Å². The van der Waals surface area contributed by atoms with Crippen molar-refractivity contribution in [1.82, 2.24) is 14.9 Å². The molecule has 1 amide bonds. The number of aryl methyl sites for hydroxylation is 2. The van der Waals surface area contributed by atoms with Crippen LogP contribution in [0.25, 0.3) is 0 Å². The molecule has 0 aliphatic carbocycles. The average Bonchev–Trinajstić information content (AvgIpc) is 2.87. The number of carbonyl (C=O) groups excluding carboxylic acids is 1. The van der Waals surface area contributed by atoms with Crippen LogP contribution in [0.15, 0.2) is 60.7 Å². The van der Waals surface area contributed by atoms with Crippen LogP contribution in [0.1, 0.15) is 22.5 Å². The van der Waals surface area contributed by atoms with Gasteiger partial charge in [-0.25, -0.2) is 9.97 Å². The van der Waals surface area contributed by atoms with Crippen molar-refractivity contribution in [1.29, 1.82) is 0 Å². The number of anilines is 1. The van der Waals surface area contributed by atoms with E-state index < -0.39 is 11.6 Å². The number of rotatable bonds is 3. The van der Waals surface area contributed by atoms with Crippen LogP contribution in [-0.2, 0) is 10.3 Å². The van der Waals surface area contributed by atoms with Crippen LogP contribution in [0.5, 0.6) is 6.01 Å². The van der Waals surface area contributed by atoms with Crippen LogP contribution in [0.2, 0.25) is 0 Å². The van der Waals surface area contributed by atoms with Crippen molar-refractivity contribution < 1.29 is 9.53 Å². The Bertz CT molecular complexity index is 1060. The predicted molar refractivity (Wildman–Crippen MR) is 110 cm³/mol. The molecule has 2 atom stereocenters. The number of hydrogen-bond acceptors (Lipinski definition) is 5. The quantitative estimate of drug-likeness (QED) is 0.701. The van der Waals surface area contributed by atoms with Gasteiger partial charge in [-0.15, -0.1) is 0 Å². The van der Waals surface area contributed by atoms with E-state index in [-0.39, 0.29) is 11.9 Å². The van der Waals surface area contributed by atoms with Crippen molar-refractivity contribution >= 4 is 11.6 Å². The molecule has 6 nitrogen and oxygen atoms in total. The van der Waals surface area contributed by atoms with Crippen LogP contribution in [0.3, 0.4) is 0 Å². The third-order valence-corrected chi connectivity index (χ3v) is 5.68. The summed E-state index contributed by atoms with van der Waals surface area (Å²) < 4.78 is 6.22. The molecular weight excluding hydrogens is 364 g/mol. The second-order valence-corrected chi connectivity index (χ2v) is 7.53. The summed E-state index contributed by atoms with van der Waals surface area (Å²) in [5, 5.41) is 3.46. The van der Waals surface area contributed by atoms with E-state index in [9.17, 15) is 4.79 Å². The van der Waals surface area contributed by atoms with Crippen LogP contribution in [0, 0.1) is 13.8 Å². The Morgan fingerprint density at radius 3 is 2.48 bits per heavy atom. The second-order valence-electron chi connectivity index (χ2n) is 7.53. The molecule has 3 heterocycles. The van der Waals surface area contributed by atoms with Crippen LogP contribution in [0.4, 0.5) is 5.69 Å². The van der Waals surface area contributed by atoms with Crippen LogP contribution < -0.4 is 10.1 Å². The van der Waals surface area contributed by atoms with E-state index in [1.807, 2.05) is 55.1 Å². The van der Waals surface area contributed by atoms with Gasteiger partial charge >= 0.3 is 6.01 Å². The zero-order valence-corrected chi connectivity index (χ0v) is 16.4. The molecule has 2 unspecified atom stereocenters. The Morgan fingerprint density at radius 1 is 1.03 bits per heavy atom. The number of nitrogens with zero attached hydrogens (tertiary/aromatic N) is 3. The Kier molecular flexibility index (Phi) is 4.01. The highest BCUT2D eigenvalue weighted by Gasteiger charge is 2.65. The van der Waals surface area contributed by atoms with E-state index in [2.05, 4.69) is 39.6 Å². The fraction of sp³-hybridized carbons (Fsp3) is 0.261. The average molecular weight is 386 g/mol. The van der Waals surface area contributed by atoms with Crippen molar-refractivity contribution in [2.75, 3.05) is 18.4 Å². The summed E-state index contributed by atoms with van der Waals surface area (Å²) in [5.74, 6) is -0.0462. The highest BCUT2D eigenvalue weighted by atomic mass is 16.5. The number of aromatic nitrogens is 2. The molecule has 2 aliphatic rings. The molecule has 5 rings (SSSR count). The maximum atomic E-state index is 13.2. The van der Waals surface area contributed by atoms with Gasteiger partial charge in [0.2, 0.25) is 6.10 Å². The number of fused-ring (bicyclic) bond motifs is 3. The van der Waals surface area contributed by atoms with Crippen molar-refractivity contribution in [3.63, 3.8) is 0 Å². The Balaban J connectivity index is 1.70. The minimum Gasteiger partial charge on any atom is -0.447 e. The fourth-order valence-electron chi connectivity index (χ4n) is 4.56. The number of β-lactam (4-membered cyclic amide) rings is 1. The van der Waals surface area contributed by atoms with Crippen molar-refractivity contribution in [3.05, 3.63) is 83.2 Å². The molecule has 6 heteroatoms. The van der Waals surface area contributed by atoms with E-state index in [1.54, 1.807) is 0 Å². The smallest absolute Gasteiger partial charge is 0.317 e. The second kappa shape index (κ2) is 6.58. The first-order chi connectivity index (χ1) is 14.1. The first kappa shape index (κ1) is 17.7. The largest absolute Gasteiger partial charge is 0.447 e. The number of amides is 1. The third kappa shape index (κ3) is 2.59. The van der Waals surface area contributed by atoms with Gasteiger partial charge in [0.05, 0.1) is 0 Å². The minimum absolute atomic E-state index is 0.0462. The third-order valence-electron chi connectivity index (χ3n) is 5.68. The van der Waals surface area contributed by atoms with E-state index in [1.165, 1.54) is 0 Å². The number of hydrogen-bond donors (Lipinski definition) is 1. The molecule has 2 aliphatic heterocycles. The topological polar surface area (TPSA) is 67.3 Å². The highest BCUT2D eigenvalue weighted by molar-refractivity contribution is 5.94. The molecule has 29 heavy (non-hydrogen) atoms. The first-order valence-corrected chi connectivity index (χ1v) is 9.80. The van der Waals surface area contributed by atoms with Gasteiger partial charge in [0, 0.05) is 35.7 Å². The minimum atomic E-state index is -0.729. The predicted octanol–water partition coefficient (Wildman–Crippen LogP) is 3.05. The Hall–Kier alpha value is -3.41. The molecule has 0 radical (unpaired) electrons. The van der Waals surface area contributed by atoms with Gasteiger partial charge < -0.3 is 15.0 Å². The van der Waals surface area contributed by atoms with E-state index >= 15 is 0 Å². The fourth-order valence-corrected chi connectivity index (χ4v) is 4.56. The van der Waals surface area contributed by atoms with Gasteiger partial charge in [0.15, 0.2) is 0 Å². The van der Waals surface area contributed by atoms with E-state index in [4.69, 9.17) is 4.74 Å². The first-order valence-electron chi connectivity index (χ1n) is 9.80. The maximum Gasteiger partial charge on any atom is 0.317 e. The molecule has 2 aromatic carbocycles. The van der Waals surface area contributed by atoms with E-state index in [0.29, 0.717) is 13.1 Å². The highest BCUT2D eigenvalue weighted by Crippen LogP contribution is 2.51. The van der Waals surface area contributed by atoms with Crippen molar-refractivity contribution in [3.8, 4) is 6.01 Å². The summed E-state index contributed by atoms with van der Waals surface area (Å²) in [6.45, 7) is 5.07. The monoisotopic (exact) mass is 386 g/mol. The number of para-hydroxylation sites is 1. The molecule has 1 aromatic heterocycles. The molecule has 0 saturated carbocycles. The van der Waals surface area contributed by atoms with Gasteiger partial charge in [-0.1, -0.05) is 48.5 Å². The standard InChI is InChI=1S/C23H22N4O2/c1-15-14-16(2)26-22(25-15)29-20-21(28)27-13-12-24-19-11-7-6-10-18(19)23(20,27)17-8-4-3-5-9-17/h3-11,14,20,24H,12-13H2,1-2H3. The van der Waals surface area contributed by atoms with Gasteiger partial charge in [0.1, 0.15) is 5.54 Å². The SMILES string of the molecule is Cc1cc(C)nc(OC2C(=O)N3CCNc4ccccc4C23c2ccccc2)n1. The summed E-state index contributed by atoms with van der Waals surface area (Å²) in [4.78, 5) is 24.0. The summed E-state index contributed by atoms with van der Waals surface area (Å²) in [7, 11) is 0. The lowest BCUT2D eigenvalue weighted by Crippen LogP contribution is -2.74. The van der Waals surface area contributed by atoms with Crippen molar-refractivity contribution in [2.45, 2.75) is 25.5 Å². The summed E-state index contributed by atoms with van der Waals surface area (Å²) in [5.41, 5.74) is 3.96.